The molecule has 72 valence electrons. The Balaban J connectivity index is 0.000000151. The quantitative estimate of drug-likeness (QED) is 0.650. The monoisotopic (exact) mass is 196 g/mol. The molecule has 0 fully saturated rings. The van der Waals surface area contributed by atoms with Crippen molar-refractivity contribution in [2.75, 3.05) is 0 Å². The maximum Gasteiger partial charge on any atom is 0.203 e. The fourth-order valence-electron chi connectivity index (χ4n) is 0.855. The van der Waals surface area contributed by atoms with E-state index in [0.717, 1.165) is 0 Å². The Labute approximate surface area is 87.8 Å². The molecular formula is C12H8N2O. The summed E-state index contributed by atoms with van der Waals surface area (Å²) in [6.45, 7) is 0. The van der Waals surface area contributed by atoms with Gasteiger partial charge in [-0.05, 0) is 24.3 Å². The summed E-state index contributed by atoms with van der Waals surface area (Å²) in [6.07, 6.45) is 1.47. The van der Waals surface area contributed by atoms with Gasteiger partial charge in [0.1, 0.15) is 6.07 Å². The van der Waals surface area contributed by atoms with Crippen LogP contribution in [0, 0.1) is 22.7 Å². The van der Waals surface area contributed by atoms with Gasteiger partial charge in [0.05, 0.1) is 17.9 Å². The zero-order valence-corrected chi connectivity index (χ0v) is 7.92. The number of hydrogen-bond acceptors (Lipinski definition) is 3. The molecule has 1 aromatic heterocycles. The standard InChI is InChI=1S/C7H5N.C5H3NO/c8-6-7-4-2-1-3-5-7;6-4-5-2-1-3-7-5/h1-5H;1-3H. The van der Waals surface area contributed by atoms with E-state index >= 15 is 0 Å². The number of benzene rings is 1. The van der Waals surface area contributed by atoms with E-state index in [2.05, 4.69) is 4.42 Å². The molecule has 15 heavy (non-hydrogen) atoms. The molecule has 0 spiro atoms. The van der Waals surface area contributed by atoms with Crippen LogP contribution in [0.3, 0.4) is 0 Å². The molecule has 3 heteroatoms. The molecule has 0 unspecified atom stereocenters. The third-order valence-corrected chi connectivity index (χ3v) is 1.53. The molecule has 0 bridgehead atoms. The lowest BCUT2D eigenvalue weighted by atomic mass is 10.2. The zero-order chi connectivity index (χ0) is 10.9. The van der Waals surface area contributed by atoms with Crippen molar-refractivity contribution in [1.82, 2.24) is 0 Å². The van der Waals surface area contributed by atoms with Crippen molar-refractivity contribution in [1.29, 1.82) is 10.5 Å². The van der Waals surface area contributed by atoms with Crippen molar-refractivity contribution in [2.24, 2.45) is 0 Å². The molecule has 0 radical (unpaired) electrons. The SMILES string of the molecule is N#Cc1ccccc1.N#Cc1ccco1. The van der Waals surface area contributed by atoms with Gasteiger partial charge in [0, 0.05) is 0 Å². The third-order valence-electron chi connectivity index (χ3n) is 1.53. The normalized spacial score (nSPS) is 7.87. The van der Waals surface area contributed by atoms with Crippen LogP contribution in [-0.2, 0) is 0 Å². The van der Waals surface area contributed by atoms with Gasteiger partial charge in [0.25, 0.3) is 0 Å². The van der Waals surface area contributed by atoms with E-state index in [4.69, 9.17) is 10.5 Å². The van der Waals surface area contributed by atoms with Crippen LogP contribution in [0.5, 0.6) is 0 Å². The van der Waals surface area contributed by atoms with Gasteiger partial charge in [-0.25, -0.2) is 0 Å². The fraction of sp³-hybridized carbons (Fsp3) is 0. The topological polar surface area (TPSA) is 60.7 Å². The number of nitrogens with zero attached hydrogens (tertiary/aromatic N) is 2. The van der Waals surface area contributed by atoms with E-state index < -0.39 is 0 Å². The molecule has 3 nitrogen and oxygen atoms in total. The highest BCUT2D eigenvalue weighted by atomic mass is 16.3. The van der Waals surface area contributed by atoms with Crippen molar-refractivity contribution in [3.05, 3.63) is 60.1 Å². The Morgan fingerprint density at radius 2 is 1.60 bits per heavy atom. The van der Waals surface area contributed by atoms with E-state index in [1.165, 1.54) is 6.26 Å². The Bertz CT molecular complexity index is 461. The largest absolute Gasteiger partial charge is 0.454 e. The second kappa shape index (κ2) is 6.01. The molecule has 0 atom stereocenters. The minimum absolute atomic E-state index is 0.361. The van der Waals surface area contributed by atoms with Gasteiger partial charge in [0.15, 0.2) is 0 Å². The maximum absolute atomic E-state index is 8.29. The summed E-state index contributed by atoms with van der Waals surface area (Å²) >= 11 is 0. The molecule has 0 aliphatic heterocycles. The molecule has 1 aromatic carbocycles. The van der Waals surface area contributed by atoms with Crippen LogP contribution in [0.2, 0.25) is 0 Å². The van der Waals surface area contributed by atoms with Crippen LogP contribution in [-0.4, -0.2) is 0 Å². The van der Waals surface area contributed by atoms with Crippen molar-refractivity contribution in [2.45, 2.75) is 0 Å². The first-order chi connectivity index (χ1) is 7.36. The fourth-order valence-corrected chi connectivity index (χ4v) is 0.855. The first kappa shape index (κ1) is 10.6. The zero-order valence-electron chi connectivity index (χ0n) is 7.92. The molecule has 0 N–H and O–H groups in total. The van der Waals surface area contributed by atoms with Crippen LogP contribution >= 0.6 is 0 Å². The Kier molecular flexibility index (Phi) is 4.23. The number of furan rings is 1. The summed E-state index contributed by atoms with van der Waals surface area (Å²) in [5.41, 5.74) is 0.715. The lowest BCUT2D eigenvalue weighted by molar-refractivity contribution is 0.553. The van der Waals surface area contributed by atoms with Crippen LogP contribution in [0.4, 0.5) is 0 Å². The van der Waals surface area contributed by atoms with Crippen molar-refractivity contribution in [3.8, 4) is 12.1 Å². The minimum atomic E-state index is 0.361. The summed E-state index contributed by atoms with van der Waals surface area (Å²) in [6, 6.07) is 16.3. The predicted molar refractivity (Wildman–Crippen MR) is 54.6 cm³/mol. The maximum atomic E-state index is 8.29. The molecule has 0 aliphatic carbocycles. The molecule has 2 aromatic rings. The molecule has 0 saturated carbocycles. The van der Waals surface area contributed by atoms with Crippen LogP contribution in [0.25, 0.3) is 0 Å². The summed E-state index contributed by atoms with van der Waals surface area (Å²) in [7, 11) is 0. The Morgan fingerprint density at radius 3 is 1.93 bits per heavy atom. The highest BCUT2D eigenvalue weighted by molar-refractivity contribution is 5.27. The van der Waals surface area contributed by atoms with Crippen molar-refractivity contribution < 1.29 is 4.42 Å². The predicted octanol–water partition coefficient (Wildman–Crippen LogP) is 2.71. The van der Waals surface area contributed by atoms with Crippen molar-refractivity contribution >= 4 is 0 Å². The van der Waals surface area contributed by atoms with Gasteiger partial charge in [-0.15, -0.1) is 0 Å². The highest BCUT2D eigenvalue weighted by Gasteiger charge is 1.84. The van der Waals surface area contributed by atoms with E-state index in [-0.39, 0.29) is 0 Å². The number of nitriles is 2. The Morgan fingerprint density at radius 1 is 0.867 bits per heavy atom. The average Bonchev–Trinajstić information content (AvgIpc) is 2.84. The lowest BCUT2D eigenvalue weighted by Gasteiger charge is -1.80. The third kappa shape index (κ3) is 3.80. The number of rotatable bonds is 0. The van der Waals surface area contributed by atoms with Crippen LogP contribution < -0.4 is 0 Å². The molecule has 0 aliphatic rings. The molecular weight excluding hydrogens is 188 g/mol. The van der Waals surface area contributed by atoms with Crippen LogP contribution in [0.15, 0.2) is 53.1 Å². The molecule has 0 saturated heterocycles. The first-order valence-corrected chi connectivity index (χ1v) is 4.25. The van der Waals surface area contributed by atoms with Gasteiger partial charge in [0.2, 0.25) is 5.76 Å². The average molecular weight is 196 g/mol. The van der Waals surface area contributed by atoms with Gasteiger partial charge in [-0.2, -0.15) is 10.5 Å². The summed E-state index contributed by atoms with van der Waals surface area (Å²) < 4.78 is 4.62. The second-order valence-corrected chi connectivity index (χ2v) is 2.57. The molecule has 2 rings (SSSR count). The van der Waals surface area contributed by atoms with Crippen LogP contribution in [0.1, 0.15) is 11.3 Å². The second-order valence-electron chi connectivity index (χ2n) is 2.57. The van der Waals surface area contributed by atoms with E-state index in [9.17, 15) is 0 Å². The lowest BCUT2D eigenvalue weighted by Crippen LogP contribution is -1.66. The summed E-state index contributed by atoms with van der Waals surface area (Å²) in [5.74, 6) is 0.361. The van der Waals surface area contributed by atoms with Gasteiger partial charge in [-0.3, -0.25) is 0 Å². The highest BCUT2D eigenvalue weighted by Crippen LogP contribution is 1.94. The molecule has 1 heterocycles. The van der Waals surface area contributed by atoms with Gasteiger partial charge < -0.3 is 4.42 Å². The van der Waals surface area contributed by atoms with E-state index in [1.54, 1.807) is 24.3 Å². The first-order valence-electron chi connectivity index (χ1n) is 4.25. The summed E-state index contributed by atoms with van der Waals surface area (Å²) in [4.78, 5) is 0. The smallest absolute Gasteiger partial charge is 0.203 e. The van der Waals surface area contributed by atoms with Gasteiger partial charge >= 0.3 is 0 Å². The summed E-state index contributed by atoms with van der Waals surface area (Å²) in [5, 5.41) is 16.4. The van der Waals surface area contributed by atoms with Gasteiger partial charge in [-0.1, -0.05) is 18.2 Å². The van der Waals surface area contributed by atoms with Crippen molar-refractivity contribution in [3.63, 3.8) is 0 Å². The Hall–Kier alpha value is -2.52. The number of hydrogen-bond donors (Lipinski definition) is 0. The van der Waals surface area contributed by atoms with E-state index in [1.807, 2.05) is 30.3 Å². The minimum Gasteiger partial charge on any atom is -0.454 e. The molecule has 0 amide bonds. The van der Waals surface area contributed by atoms with E-state index in [0.29, 0.717) is 11.3 Å².